The monoisotopic (exact) mass is 306 g/mol. The van der Waals surface area contributed by atoms with Crippen molar-refractivity contribution >= 4 is 11.3 Å². The van der Waals surface area contributed by atoms with Crippen molar-refractivity contribution in [2.24, 2.45) is 0 Å². The van der Waals surface area contributed by atoms with Gasteiger partial charge >= 0.3 is 0 Å². The third kappa shape index (κ3) is 4.52. The topological polar surface area (TPSA) is 45.6 Å². The first-order chi connectivity index (χ1) is 10.3. The summed E-state index contributed by atoms with van der Waals surface area (Å²) in [6.07, 6.45) is 2.76. The summed E-state index contributed by atoms with van der Waals surface area (Å²) >= 11 is 1.70. The van der Waals surface area contributed by atoms with E-state index in [1.54, 1.807) is 18.4 Å². The number of thiophene rings is 1. The Balaban J connectivity index is 2.10. The van der Waals surface area contributed by atoms with Crippen molar-refractivity contribution in [3.63, 3.8) is 0 Å². The van der Waals surface area contributed by atoms with E-state index in [0.717, 1.165) is 25.1 Å². The van der Waals surface area contributed by atoms with Gasteiger partial charge in [0.1, 0.15) is 0 Å². The van der Waals surface area contributed by atoms with Crippen molar-refractivity contribution in [3.8, 4) is 5.88 Å². The molecule has 1 atom stereocenters. The fourth-order valence-corrected chi connectivity index (χ4v) is 2.95. The van der Waals surface area contributed by atoms with E-state index in [0.29, 0.717) is 5.88 Å². The fourth-order valence-electron chi connectivity index (χ4n) is 2.29. The molecule has 5 heteroatoms. The molecule has 1 N–H and O–H groups in total. The highest BCUT2D eigenvalue weighted by Crippen LogP contribution is 2.17. The van der Waals surface area contributed by atoms with Crippen LogP contribution in [0.5, 0.6) is 5.88 Å². The van der Waals surface area contributed by atoms with Crippen LogP contribution in [-0.4, -0.2) is 34.7 Å². The van der Waals surface area contributed by atoms with Crippen LogP contribution in [0.1, 0.15) is 24.5 Å². The summed E-state index contributed by atoms with van der Waals surface area (Å²) in [6.45, 7) is 3.89. The lowest BCUT2D eigenvalue weighted by atomic mass is 10.1. The molecule has 0 spiro atoms. The number of hydrogen-bond donors (Lipinski definition) is 1. The van der Waals surface area contributed by atoms with Crippen LogP contribution in [0.4, 0.5) is 0 Å². The molecule has 4 nitrogen and oxygen atoms in total. The van der Waals surface area contributed by atoms with Crippen molar-refractivity contribution in [2.75, 3.05) is 13.7 Å². The normalized spacial score (nSPS) is 12.6. The first kappa shape index (κ1) is 15.9. The maximum atomic E-state index is 9.61. The zero-order valence-corrected chi connectivity index (χ0v) is 13.3. The predicted octanol–water partition coefficient (Wildman–Crippen LogP) is 2.92. The van der Waals surface area contributed by atoms with Gasteiger partial charge in [-0.25, -0.2) is 4.98 Å². The van der Waals surface area contributed by atoms with E-state index in [9.17, 15) is 5.11 Å². The molecule has 0 amide bonds. The summed E-state index contributed by atoms with van der Waals surface area (Å²) in [6, 6.07) is 6.19. The Morgan fingerprint density at radius 1 is 1.29 bits per heavy atom. The number of aliphatic hydroxyl groups excluding tert-OH is 1. The van der Waals surface area contributed by atoms with Crippen molar-refractivity contribution in [2.45, 2.75) is 32.5 Å². The van der Waals surface area contributed by atoms with Gasteiger partial charge in [-0.3, -0.25) is 4.90 Å². The average Bonchev–Trinajstić information content (AvgIpc) is 3.02. The molecular formula is C16H22N2O2S. The third-order valence-electron chi connectivity index (χ3n) is 3.56. The molecule has 2 heterocycles. The second kappa shape index (κ2) is 8.12. The average molecular weight is 306 g/mol. The Labute approximate surface area is 130 Å². The number of aliphatic hydroxyl groups is 1. The summed E-state index contributed by atoms with van der Waals surface area (Å²) in [5.41, 5.74) is 2.41. The SMILES string of the molecule is CC[C@@H](CO)N(Cc1ccc(OC)nc1)Cc1ccsc1. The summed E-state index contributed by atoms with van der Waals surface area (Å²) in [4.78, 5) is 6.55. The van der Waals surface area contributed by atoms with Gasteiger partial charge in [-0.15, -0.1) is 0 Å². The van der Waals surface area contributed by atoms with E-state index >= 15 is 0 Å². The third-order valence-corrected chi connectivity index (χ3v) is 4.29. The molecule has 0 aliphatic carbocycles. The van der Waals surface area contributed by atoms with Gasteiger partial charge in [0.25, 0.3) is 0 Å². The second-order valence-electron chi connectivity index (χ2n) is 4.99. The van der Waals surface area contributed by atoms with Crippen LogP contribution in [0, 0.1) is 0 Å². The van der Waals surface area contributed by atoms with Gasteiger partial charge in [0.15, 0.2) is 0 Å². The lowest BCUT2D eigenvalue weighted by Crippen LogP contribution is -2.36. The Morgan fingerprint density at radius 3 is 2.62 bits per heavy atom. The highest BCUT2D eigenvalue weighted by molar-refractivity contribution is 7.07. The Morgan fingerprint density at radius 2 is 2.10 bits per heavy atom. The quantitative estimate of drug-likeness (QED) is 0.814. The Kier molecular flexibility index (Phi) is 6.17. The fraction of sp³-hybridized carbons (Fsp3) is 0.438. The summed E-state index contributed by atoms with van der Waals surface area (Å²) in [7, 11) is 1.61. The number of ether oxygens (including phenoxy) is 1. The summed E-state index contributed by atoms with van der Waals surface area (Å²) in [5, 5.41) is 13.9. The smallest absolute Gasteiger partial charge is 0.212 e. The maximum Gasteiger partial charge on any atom is 0.212 e. The number of methoxy groups -OCH3 is 1. The largest absolute Gasteiger partial charge is 0.481 e. The number of aromatic nitrogens is 1. The maximum absolute atomic E-state index is 9.61. The van der Waals surface area contributed by atoms with E-state index in [1.807, 2.05) is 18.3 Å². The molecule has 0 saturated heterocycles. The standard InChI is InChI=1S/C16H22N2O2S/c1-3-15(11-19)18(10-14-6-7-21-12-14)9-13-4-5-16(20-2)17-8-13/h4-8,12,15,19H,3,9-11H2,1-2H3/t15-/m0/s1. The molecule has 2 aromatic rings. The van der Waals surface area contributed by atoms with Crippen LogP contribution >= 0.6 is 11.3 Å². The molecular weight excluding hydrogens is 284 g/mol. The van der Waals surface area contributed by atoms with Crippen molar-refractivity contribution in [1.82, 2.24) is 9.88 Å². The number of nitrogens with zero attached hydrogens (tertiary/aromatic N) is 2. The predicted molar refractivity (Wildman–Crippen MR) is 85.5 cm³/mol. The summed E-state index contributed by atoms with van der Waals surface area (Å²) in [5.74, 6) is 0.623. The molecule has 0 radical (unpaired) electrons. The zero-order valence-electron chi connectivity index (χ0n) is 12.5. The van der Waals surface area contributed by atoms with E-state index < -0.39 is 0 Å². The Hall–Kier alpha value is -1.43. The van der Waals surface area contributed by atoms with Gasteiger partial charge in [-0.1, -0.05) is 13.0 Å². The first-order valence-electron chi connectivity index (χ1n) is 7.11. The van der Waals surface area contributed by atoms with Crippen LogP contribution in [0.15, 0.2) is 35.2 Å². The highest BCUT2D eigenvalue weighted by Gasteiger charge is 2.17. The van der Waals surface area contributed by atoms with Gasteiger partial charge in [-0.05, 0) is 34.4 Å². The molecule has 21 heavy (non-hydrogen) atoms. The second-order valence-corrected chi connectivity index (χ2v) is 5.77. The highest BCUT2D eigenvalue weighted by atomic mass is 32.1. The molecule has 0 aliphatic heterocycles. The molecule has 2 rings (SSSR count). The number of rotatable bonds is 8. The minimum absolute atomic E-state index is 0.159. The van der Waals surface area contributed by atoms with Gasteiger partial charge < -0.3 is 9.84 Å². The molecule has 0 aliphatic rings. The zero-order chi connectivity index (χ0) is 15.1. The minimum atomic E-state index is 0.159. The van der Waals surface area contributed by atoms with Crippen molar-refractivity contribution in [3.05, 3.63) is 46.3 Å². The van der Waals surface area contributed by atoms with Gasteiger partial charge in [0.2, 0.25) is 5.88 Å². The van der Waals surface area contributed by atoms with E-state index in [-0.39, 0.29) is 12.6 Å². The van der Waals surface area contributed by atoms with Gasteiger partial charge in [0, 0.05) is 31.4 Å². The lowest BCUT2D eigenvalue weighted by Gasteiger charge is -2.29. The van der Waals surface area contributed by atoms with Gasteiger partial charge in [0.05, 0.1) is 13.7 Å². The molecule has 0 unspecified atom stereocenters. The van der Waals surface area contributed by atoms with E-state index in [4.69, 9.17) is 4.74 Å². The molecule has 0 aromatic carbocycles. The minimum Gasteiger partial charge on any atom is -0.481 e. The Bertz CT molecular complexity index is 510. The van der Waals surface area contributed by atoms with E-state index in [2.05, 4.69) is 33.6 Å². The molecule has 0 saturated carbocycles. The van der Waals surface area contributed by atoms with Crippen LogP contribution in [0.3, 0.4) is 0 Å². The van der Waals surface area contributed by atoms with Crippen LogP contribution in [-0.2, 0) is 13.1 Å². The van der Waals surface area contributed by atoms with Crippen molar-refractivity contribution < 1.29 is 9.84 Å². The molecule has 2 aromatic heterocycles. The van der Waals surface area contributed by atoms with E-state index in [1.165, 1.54) is 5.56 Å². The van der Waals surface area contributed by atoms with Crippen LogP contribution in [0.25, 0.3) is 0 Å². The lowest BCUT2D eigenvalue weighted by molar-refractivity contribution is 0.107. The molecule has 0 fully saturated rings. The van der Waals surface area contributed by atoms with Crippen LogP contribution < -0.4 is 4.74 Å². The van der Waals surface area contributed by atoms with Gasteiger partial charge in [-0.2, -0.15) is 11.3 Å². The number of pyridine rings is 1. The number of hydrogen-bond acceptors (Lipinski definition) is 5. The van der Waals surface area contributed by atoms with Crippen LogP contribution in [0.2, 0.25) is 0 Å². The molecule has 0 bridgehead atoms. The van der Waals surface area contributed by atoms with Crippen molar-refractivity contribution in [1.29, 1.82) is 0 Å². The first-order valence-corrected chi connectivity index (χ1v) is 8.06. The summed E-state index contributed by atoms with van der Waals surface area (Å²) < 4.78 is 5.09. The molecule has 114 valence electrons.